The molecule has 0 aliphatic carbocycles. The maximum atomic E-state index is 8.74. The van der Waals surface area contributed by atoms with Crippen molar-refractivity contribution in [1.29, 1.82) is 0 Å². The van der Waals surface area contributed by atoms with Gasteiger partial charge in [0.25, 0.3) is 0 Å². The molecule has 0 radical (unpaired) electrons. The minimum absolute atomic E-state index is 0.0310. The van der Waals surface area contributed by atoms with E-state index in [1.54, 1.807) is 0 Å². The van der Waals surface area contributed by atoms with Crippen molar-refractivity contribution in [3.8, 4) is 5.75 Å². The highest BCUT2D eigenvalue weighted by atomic mass is 16.5. The third-order valence-electron chi connectivity index (χ3n) is 3.43. The predicted octanol–water partition coefficient (Wildman–Crippen LogP) is 3.38. The Kier molecular flexibility index (Phi) is 4.23. The van der Waals surface area contributed by atoms with E-state index in [0.29, 0.717) is 6.61 Å². The summed E-state index contributed by atoms with van der Waals surface area (Å²) < 4.78 is 5.38. The first-order valence-electron chi connectivity index (χ1n) is 6.54. The number of ether oxygens (including phenoxy) is 1. The van der Waals surface area contributed by atoms with Crippen LogP contribution in [0.5, 0.6) is 5.75 Å². The maximum absolute atomic E-state index is 8.74. The predicted molar refractivity (Wildman–Crippen MR) is 77.6 cm³/mol. The van der Waals surface area contributed by atoms with Gasteiger partial charge in [-0.3, -0.25) is 0 Å². The quantitative estimate of drug-likeness (QED) is 0.888. The number of benzene rings is 2. The highest BCUT2D eigenvalue weighted by Crippen LogP contribution is 2.32. The average molecular weight is 256 g/mol. The summed E-state index contributed by atoms with van der Waals surface area (Å²) in [6.45, 7) is 4.80. The molecule has 0 unspecified atom stereocenters. The van der Waals surface area contributed by atoms with E-state index in [-0.39, 0.29) is 12.0 Å². The lowest BCUT2D eigenvalue weighted by atomic mass is 9.78. The molecule has 0 atom stereocenters. The minimum Gasteiger partial charge on any atom is -0.491 e. The topological polar surface area (TPSA) is 29.5 Å². The zero-order chi connectivity index (χ0) is 13.7. The second-order valence-corrected chi connectivity index (χ2v) is 5.09. The molecule has 100 valence electrons. The van der Waals surface area contributed by atoms with Crippen LogP contribution in [0.3, 0.4) is 0 Å². The molecule has 0 heterocycles. The second kappa shape index (κ2) is 5.89. The molecular formula is C17H20O2. The third kappa shape index (κ3) is 3.15. The van der Waals surface area contributed by atoms with E-state index in [2.05, 4.69) is 50.2 Å². The SMILES string of the molecule is CC(C)(c1ccccc1)c1ccc(OCCO)cc1. The molecule has 0 saturated heterocycles. The number of rotatable bonds is 5. The van der Waals surface area contributed by atoms with Crippen LogP contribution >= 0.6 is 0 Å². The Balaban J connectivity index is 2.21. The molecule has 0 fully saturated rings. The van der Waals surface area contributed by atoms with Crippen LogP contribution in [0.4, 0.5) is 0 Å². The molecule has 0 aliphatic rings. The smallest absolute Gasteiger partial charge is 0.119 e. The van der Waals surface area contributed by atoms with Gasteiger partial charge in [-0.2, -0.15) is 0 Å². The van der Waals surface area contributed by atoms with Crippen molar-refractivity contribution in [3.63, 3.8) is 0 Å². The summed E-state index contributed by atoms with van der Waals surface area (Å²) in [5.41, 5.74) is 2.51. The Morgan fingerprint density at radius 1 is 0.895 bits per heavy atom. The van der Waals surface area contributed by atoms with Gasteiger partial charge in [-0.05, 0) is 23.3 Å². The van der Waals surface area contributed by atoms with Gasteiger partial charge < -0.3 is 9.84 Å². The van der Waals surface area contributed by atoms with Crippen LogP contribution in [0.25, 0.3) is 0 Å². The van der Waals surface area contributed by atoms with Crippen molar-refractivity contribution < 1.29 is 9.84 Å². The van der Waals surface area contributed by atoms with Crippen molar-refractivity contribution in [2.75, 3.05) is 13.2 Å². The Hall–Kier alpha value is -1.80. The molecule has 0 amide bonds. The van der Waals surface area contributed by atoms with E-state index < -0.39 is 0 Å². The molecule has 2 rings (SSSR count). The normalized spacial score (nSPS) is 11.3. The van der Waals surface area contributed by atoms with Crippen LogP contribution in [0.1, 0.15) is 25.0 Å². The first kappa shape index (κ1) is 13.6. The standard InChI is InChI=1S/C17H20O2/c1-17(2,14-6-4-3-5-7-14)15-8-10-16(11-9-15)19-13-12-18/h3-11,18H,12-13H2,1-2H3. The molecule has 2 heteroatoms. The first-order chi connectivity index (χ1) is 9.14. The van der Waals surface area contributed by atoms with Gasteiger partial charge in [0.2, 0.25) is 0 Å². The Bertz CT molecular complexity index is 501. The molecule has 2 aromatic carbocycles. The summed E-state index contributed by atoms with van der Waals surface area (Å²) in [5.74, 6) is 0.793. The Morgan fingerprint density at radius 2 is 1.47 bits per heavy atom. The zero-order valence-electron chi connectivity index (χ0n) is 11.5. The van der Waals surface area contributed by atoms with Crippen molar-refractivity contribution in [1.82, 2.24) is 0 Å². The Morgan fingerprint density at radius 3 is 2.05 bits per heavy atom. The summed E-state index contributed by atoms with van der Waals surface area (Å²) in [6, 6.07) is 18.5. The number of aliphatic hydroxyl groups excluding tert-OH is 1. The fraction of sp³-hybridized carbons (Fsp3) is 0.294. The molecule has 0 spiro atoms. The minimum atomic E-state index is -0.0310. The summed E-state index contributed by atoms with van der Waals surface area (Å²) in [5, 5.41) is 8.74. The lowest BCUT2D eigenvalue weighted by Crippen LogP contribution is -2.18. The molecule has 19 heavy (non-hydrogen) atoms. The van der Waals surface area contributed by atoms with Gasteiger partial charge in [0.15, 0.2) is 0 Å². The van der Waals surface area contributed by atoms with Crippen LogP contribution in [0.15, 0.2) is 54.6 Å². The van der Waals surface area contributed by atoms with E-state index >= 15 is 0 Å². The molecule has 2 aromatic rings. The average Bonchev–Trinajstić information content (AvgIpc) is 2.46. The van der Waals surface area contributed by atoms with Crippen LogP contribution in [0, 0.1) is 0 Å². The Labute approximate surface area is 114 Å². The maximum Gasteiger partial charge on any atom is 0.119 e. The molecule has 0 aromatic heterocycles. The summed E-state index contributed by atoms with van der Waals surface area (Å²) >= 11 is 0. The highest BCUT2D eigenvalue weighted by molar-refractivity contribution is 5.39. The van der Waals surface area contributed by atoms with Crippen LogP contribution < -0.4 is 4.74 Å². The van der Waals surface area contributed by atoms with E-state index in [4.69, 9.17) is 9.84 Å². The number of aliphatic hydroxyl groups is 1. The summed E-state index contributed by atoms with van der Waals surface area (Å²) in [4.78, 5) is 0. The highest BCUT2D eigenvalue weighted by Gasteiger charge is 2.22. The van der Waals surface area contributed by atoms with Crippen LogP contribution in [-0.2, 0) is 5.41 Å². The van der Waals surface area contributed by atoms with E-state index in [1.165, 1.54) is 11.1 Å². The van der Waals surface area contributed by atoms with E-state index in [9.17, 15) is 0 Å². The fourth-order valence-corrected chi connectivity index (χ4v) is 2.15. The van der Waals surface area contributed by atoms with Gasteiger partial charge in [0.1, 0.15) is 12.4 Å². The molecule has 0 aliphatic heterocycles. The molecule has 1 N–H and O–H groups in total. The number of hydrogen-bond donors (Lipinski definition) is 1. The van der Waals surface area contributed by atoms with E-state index in [1.807, 2.05) is 18.2 Å². The molecule has 2 nitrogen and oxygen atoms in total. The lowest BCUT2D eigenvalue weighted by molar-refractivity contribution is 0.201. The summed E-state index contributed by atoms with van der Waals surface area (Å²) in [7, 11) is 0. The first-order valence-corrected chi connectivity index (χ1v) is 6.54. The molecule has 0 saturated carbocycles. The fourth-order valence-electron chi connectivity index (χ4n) is 2.15. The van der Waals surface area contributed by atoms with Gasteiger partial charge in [-0.15, -0.1) is 0 Å². The van der Waals surface area contributed by atoms with Gasteiger partial charge in [0.05, 0.1) is 6.61 Å². The van der Waals surface area contributed by atoms with Crippen molar-refractivity contribution >= 4 is 0 Å². The van der Waals surface area contributed by atoms with Crippen molar-refractivity contribution in [3.05, 3.63) is 65.7 Å². The van der Waals surface area contributed by atoms with E-state index in [0.717, 1.165) is 5.75 Å². The zero-order valence-corrected chi connectivity index (χ0v) is 11.5. The summed E-state index contributed by atoms with van der Waals surface area (Å²) in [6.07, 6.45) is 0. The largest absolute Gasteiger partial charge is 0.491 e. The molecule has 0 bridgehead atoms. The van der Waals surface area contributed by atoms with Crippen molar-refractivity contribution in [2.24, 2.45) is 0 Å². The van der Waals surface area contributed by atoms with Gasteiger partial charge in [0, 0.05) is 5.41 Å². The van der Waals surface area contributed by atoms with Crippen molar-refractivity contribution in [2.45, 2.75) is 19.3 Å². The lowest BCUT2D eigenvalue weighted by Gasteiger charge is -2.26. The van der Waals surface area contributed by atoms with Gasteiger partial charge in [-0.25, -0.2) is 0 Å². The molecular weight excluding hydrogens is 236 g/mol. The third-order valence-corrected chi connectivity index (χ3v) is 3.43. The van der Waals surface area contributed by atoms with Crippen LogP contribution in [0.2, 0.25) is 0 Å². The van der Waals surface area contributed by atoms with Gasteiger partial charge >= 0.3 is 0 Å². The monoisotopic (exact) mass is 256 g/mol. The number of hydrogen-bond acceptors (Lipinski definition) is 2. The van der Waals surface area contributed by atoms with Crippen LogP contribution in [-0.4, -0.2) is 18.3 Å². The van der Waals surface area contributed by atoms with Gasteiger partial charge in [-0.1, -0.05) is 56.3 Å². The second-order valence-electron chi connectivity index (χ2n) is 5.09.